The average molecular weight is 335 g/mol. The maximum atomic E-state index is 12.5. The van der Waals surface area contributed by atoms with E-state index in [2.05, 4.69) is 6.92 Å². The van der Waals surface area contributed by atoms with Crippen LogP contribution in [0.5, 0.6) is 0 Å². The van der Waals surface area contributed by atoms with Gasteiger partial charge in [0.2, 0.25) is 0 Å². The minimum Gasteiger partial charge on any atom is -0.478 e. The summed E-state index contributed by atoms with van der Waals surface area (Å²) < 4.78 is 5.43. The molecule has 0 fully saturated rings. The van der Waals surface area contributed by atoms with Crippen molar-refractivity contribution in [1.82, 2.24) is 4.90 Å². The van der Waals surface area contributed by atoms with Gasteiger partial charge in [-0.05, 0) is 38.0 Å². The molecule has 5 nitrogen and oxygen atoms in total. The Bertz CT molecular complexity index is 729. The Labute approximate surface area is 139 Å². The first kappa shape index (κ1) is 17.3. The molecular formula is C17H21NO4S. The molecular weight excluding hydrogens is 314 g/mol. The van der Waals surface area contributed by atoms with Crippen LogP contribution in [-0.2, 0) is 13.0 Å². The van der Waals surface area contributed by atoms with Gasteiger partial charge in [-0.2, -0.15) is 0 Å². The first-order valence-corrected chi connectivity index (χ1v) is 8.32. The van der Waals surface area contributed by atoms with Crippen molar-refractivity contribution in [2.24, 2.45) is 0 Å². The Morgan fingerprint density at radius 3 is 2.57 bits per heavy atom. The number of aromatic carboxylic acids is 1. The maximum Gasteiger partial charge on any atom is 0.339 e. The summed E-state index contributed by atoms with van der Waals surface area (Å²) in [5.74, 6) is -0.278. The van der Waals surface area contributed by atoms with E-state index in [1.807, 2.05) is 13.0 Å². The molecule has 0 saturated carbocycles. The van der Waals surface area contributed by atoms with Crippen LogP contribution in [0.25, 0.3) is 0 Å². The van der Waals surface area contributed by atoms with E-state index in [1.54, 1.807) is 18.9 Å². The fourth-order valence-electron chi connectivity index (χ4n) is 2.47. The van der Waals surface area contributed by atoms with Gasteiger partial charge in [0.05, 0.1) is 11.4 Å². The third-order valence-electron chi connectivity index (χ3n) is 3.69. The number of aryl methyl sites for hydroxylation is 3. The predicted octanol–water partition coefficient (Wildman–Crippen LogP) is 3.88. The summed E-state index contributed by atoms with van der Waals surface area (Å²) in [6.45, 7) is 5.99. The van der Waals surface area contributed by atoms with Crippen molar-refractivity contribution in [1.29, 1.82) is 0 Å². The zero-order valence-electron chi connectivity index (χ0n) is 13.8. The molecule has 6 heteroatoms. The fourth-order valence-corrected chi connectivity index (χ4v) is 3.54. The molecule has 0 radical (unpaired) electrons. The Morgan fingerprint density at radius 1 is 1.30 bits per heavy atom. The summed E-state index contributed by atoms with van der Waals surface area (Å²) in [6, 6.07) is 3.43. The highest BCUT2D eigenvalue weighted by molar-refractivity contribution is 7.14. The standard InChI is InChI=1S/C17H21NO4S/c1-5-6-12-7-15(23-11(12)3)16(19)18(4)9-13-8-14(17(20)21)10(2)22-13/h7-8H,5-6,9H2,1-4H3,(H,20,21). The second-order valence-electron chi connectivity index (χ2n) is 5.59. The number of hydrogen-bond donors (Lipinski definition) is 1. The number of carbonyl (C=O) groups is 2. The fraction of sp³-hybridized carbons (Fsp3) is 0.412. The minimum atomic E-state index is -1.02. The van der Waals surface area contributed by atoms with Crippen LogP contribution in [0.4, 0.5) is 0 Å². The molecule has 0 aliphatic heterocycles. The molecule has 0 aliphatic rings. The zero-order valence-corrected chi connectivity index (χ0v) is 14.6. The van der Waals surface area contributed by atoms with Crippen LogP contribution in [0, 0.1) is 13.8 Å². The summed E-state index contributed by atoms with van der Waals surface area (Å²) in [7, 11) is 1.69. The van der Waals surface area contributed by atoms with Crippen LogP contribution in [0.15, 0.2) is 16.5 Å². The van der Waals surface area contributed by atoms with E-state index in [0.717, 1.165) is 12.8 Å². The highest BCUT2D eigenvalue weighted by Gasteiger charge is 2.19. The van der Waals surface area contributed by atoms with Crippen LogP contribution in [0.3, 0.4) is 0 Å². The Kier molecular flexibility index (Phi) is 5.26. The number of nitrogens with zero attached hydrogens (tertiary/aromatic N) is 1. The van der Waals surface area contributed by atoms with E-state index in [9.17, 15) is 9.59 Å². The smallest absolute Gasteiger partial charge is 0.339 e. The maximum absolute atomic E-state index is 12.5. The number of amides is 1. The highest BCUT2D eigenvalue weighted by Crippen LogP contribution is 2.25. The molecule has 0 aromatic carbocycles. The number of rotatable bonds is 6. The van der Waals surface area contributed by atoms with Crippen LogP contribution in [0.2, 0.25) is 0 Å². The SMILES string of the molecule is CCCc1cc(C(=O)N(C)Cc2cc(C(=O)O)c(C)o2)sc1C. The molecule has 1 amide bonds. The third kappa shape index (κ3) is 3.82. The van der Waals surface area contributed by atoms with E-state index in [-0.39, 0.29) is 18.0 Å². The number of carboxylic acid groups (broad SMARTS) is 1. The van der Waals surface area contributed by atoms with E-state index in [1.165, 1.54) is 27.8 Å². The van der Waals surface area contributed by atoms with Gasteiger partial charge in [-0.1, -0.05) is 13.3 Å². The number of thiophene rings is 1. The first-order valence-electron chi connectivity index (χ1n) is 7.50. The second kappa shape index (κ2) is 7.00. The number of carbonyl (C=O) groups excluding carboxylic acids is 1. The quantitative estimate of drug-likeness (QED) is 0.869. The highest BCUT2D eigenvalue weighted by atomic mass is 32.1. The van der Waals surface area contributed by atoms with Gasteiger partial charge >= 0.3 is 5.97 Å². The van der Waals surface area contributed by atoms with Crippen molar-refractivity contribution in [3.63, 3.8) is 0 Å². The van der Waals surface area contributed by atoms with Crippen LogP contribution >= 0.6 is 11.3 Å². The summed E-state index contributed by atoms with van der Waals surface area (Å²) in [5, 5.41) is 9.05. The van der Waals surface area contributed by atoms with E-state index >= 15 is 0 Å². The first-order chi connectivity index (χ1) is 10.8. The van der Waals surface area contributed by atoms with E-state index in [0.29, 0.717) is 16.4 Å². The van der Waals surface area contributed by atoms with Crippen LogP contribution in [-0.4, -0.2) is 28.9 Å². The van der Waals surface area contributed by atoms with Gasteiger partial charge in [-0.15, -0.1) is 11.3 Å². The number of carboxylic acids is 1. The molecule has 2 rings (SSSR count). The van der Waals surface area contributed by atoms with Gasteiger partial charge in [-0.3, -0.25) is 4.79 Å². The summed E-state index contributed by atoms with van der Waals surface area (Å²) in [6.07, 6.45) is 2.02. The largest absolute Gasteiger partial charge is 0.478 e. The molecule has 2 heterocycles. The lowest BCUT2D eigenvalue weighted by Crippen LogP contribution is -2.25. The molecule has 2 aromatic heterocycles. The molecule has 0 aliphatic carbocycles. The van der Waals surface area contributed by atoms with Crippen molar-refractivity contribution in [3.05, 3.63) is 44.5 Å². The number of furan rings is 1. The second-order valence-corrected chi connectivity index (χ2v) is 6.85. The van der Waals surface area contributed by atoms with Crippen molar-refractivity contribution in [2.75, 3.05) is 7.05 Å². The molecule has 0 saturated heterocycles. The minimum absolute atomic E-state index is 0.0774. The van der Waals surface area contributed by atoms with Crippen molar-refractivity contribution in [3.8, 4) is 0 Å². The molecule has 0 bridgehead atoms. The topological polar surface area (TPSA) is 70.8 Å². The van der Waals surface area contributed by atoms with E-state index < -0.39 is 5.97 Å². The zero-order chi connectivity index (χ0) is 17.1. The van der Waals surface area contributed by atoms with Gasteiger partial charge < -0.3 is 14.4 Å². The molecule has 2 aromatic rings. The van der Waals surface area contributed by atoms with Crippen molar-refractivity contribution >= 4 is 23.2 Å². The predicted molar refractivity (Wildman–Crippen MR) is 89.3 cm³/mol. The molecule has 0 atom stereocenters. The monoisotopic (exact) mass is 335 g/mol. The summed E-state index contributed by atoms with van der Waals surface area (Å²) >= 11 is 1.50. The molecule has 1 N–H and O–H groups in total. The number of hydrogen-bond acceptors (Lipinski definition) is 4. The van der Waals surface area contributed by atoms with Crippen LogP contribution < -0.4 is 0 Å². The molecule has 0 spiro atoms. The molecule has 23 heavy (non-hydrogen) atoms. The van der Waals surface area contributed by atoms with Gasteiger partial charge in [0, 0.05) is 11.9 Å². The Hall–Kier alpha value is -2.08. The third-order valence-corrected chi connectivity index (χ3v) is 4.77. The van der Waals surface area contributed by atoms with Gasteiger partial charge in [0.1, 0.15) is 17.1 Å². The summed E-state index contributed by atoms with van der Waals surface area (Å²) in [4.78, 5) is 27.0. The Balaban J connectivity index is 2.12. The van der Waals surface area contributed by atoms with Gasteiger partial charge in [0.15, 0.2) is 0 Å². The van der Waals surface area contributed by atoms with Gasteiger partial charge in [-0.25, -0.2) is 4.79 Å². The molecule has 124 valence electrons. The lowest BCUT2D eigenvalue weighted by atomic mass is 10.1. The van der Waals surface area contributed by atoms with Crippen molar-refractivity contribution in [2.45, 2.75) is 40.2 Å². The normalized spacial score (nSPS) is 10.8. The van der Waals surface area contributed by atoms with E-state index in [4.69, 9.17) is 9.52 Å². The summed E-state index contributed by atoms with van der Waals surface area (Å²) in [5.41, 5.74) is 1.36. The lowest BCUT2D eigenvalue weighted by molar-refractivity contribution is 0.0694. The average Bonchev–Trinajstić information content (AvgIpc) is 3.02. The van der Waals surface area contributed by atoms with Crippen molar-refractivity contribution < 1.29 is 19.1 Å². The van der Waals surface area contributed by atoms with Gasteiger partial charge in [0.25, 0.3) is 5.91 Å². The molecule has 0 unspecified atom stereocenters. The Morgan fingerprint density at radius 2 is 2.00 bits per heavy atom. The van der Waals surface area contributed by atoms with Crippen LogP contribution in [0.1, 0.15) is 55.3 Å². The lowest BCUT2D eigenvalue weighted by Gasteiger charge is -2.14.